The Morgan fingerprint density at radius 2 is 2.35 bits per heavy atom. The first-order valence-electron chi connectivity index (χ1n) is 7.64. The van der Waals surface area contributed by atoms with Crippen LogP contribution in [0.1, 0.15) is 68.0 Å². The number of carbonyl (C=O) groups is 1. The van der Waals surface area contributed by atoms with Crippen LogP contribution in [0.5, 0.6) is 0 Å². The van der Waals surface area contributed by atoms with Gasteiger partial charge in [0.15, 0.2) is 0 Å². The Balaban J connectivity index is 1.58. The van der Waals surface area contributed by atoms with E-state index in [0.29, 0.717) is 5.89 Å². The zero-order valence-corrected chi connectivity index (χ0v) is 11.9. The Hall–Kier alpha value is -1.43. The van der Waals surface area contributed by atoms with Gasteiger partial charge in [-0.1, -0.05) is 24.9 Å². The Labute approximate surface area is 118 Å². The highest BCUT2D eigenvalue weighted by Gasteiger charge is 2.28. The molecule has 1 aromatic heterocycles. The number of amides is 1. The number of carbonyl (C=O) groups excluding carboxylic acids is 1. The van der Waals surface area contributed by atoms with Gasteiger partial charge in [0, 0.05) is 6.04 Å². The van der Waals surface area contributed by atoms with Crippen molar-refractivity contribution >= 4 is 5.91 Å². The molecule has 2 atom stereocenters. The van der Waals surface area contributed by atoms with Crippen LogP contribution in [0.3, 0.4) is 0 Å². The Morgan fingerprint density at radius 1 is 1.50 bits per heavy atom. The average molecular weight is 278 g/mol. The molecule has 110 valence electrons. The minimum Gasteiger partial charge on any atom is -0.346 e. The maximum atomic E-state index is 12.1. The smallest absolute Gasteiger partial charge is 0.292 e. The van der Waals surface area contributed by atoms with E-state index in [1.807, 2.05) is 0 Å². The van der Waals surface area contributed by atoms with Crippen LogP contribution in [0.4, 0.5) is 0 Å². The third-order valence-electron chi connectivity index (χ3n) is 4.15. The SMILES string of the molecule is CCC(CC1CC1)NC(=O)c1noc(C2CCCN2)n1. The molecule has 1 aliphatic carbocycles. The molecule has 6 heteroatoms. The molecule has 0 spiro atoms. The van der Waals surface area contributed by atoms with E-state index in [0.717, 1.165) is 38.1 Å². The van der Waals surface area contributed by atoms with Gasteiger partial charge >= 0.3 is 0 Å². The zero-order valence-electron chi connectivity index (χ0n) is 11.9. The topological polar surface area (TPSA) is 80.0 Å². The second-order valence-corrected chi connectivity index (χ2v) is 5.86. The molecule has 1 saturated carbocycles. The number of rotatable bonds is 6. The summed E-state index contributed by atoms with van der Waals surface area (Å²) in [5, 5.41) is 10.1. The molecule has 0 aromatic carbocycles. The Bertz CT molecular complexity index is 463. The van der Waals surface area contributed by atoms with E-state index in [1.54, 1.807) is 0 Å². The molecule has 2 heterocycles. The maximum absolute atomic E-state index is 12.1. The van der Waals surface area contributed by atoms with E-state index in [2.05, 4.69) is 27.7 Å². The summed E-state index contributed by atoms with van der Waals surface area (Å²) in [5.41, 5.74) is 0. The highest BCUT2D eigenvalue weighted by atomic mass is 16.5. The van der Waals surface area contributed by atoms with E-state index in [4.69, 9.17) is 4.52 Å². The van der Waals surface area contributed by atoms with Gasteiger partial charge < -0.3 is 15.2 Å². The Morgan fingerprint density at radius 3 is 3.00 bits per heavy atom. The van der Waals surface area contributed by atoms with Crippen molar-refractivity contribution in [2.45, 2.75) is 57.5 Å². The van der Waals surface area contributed by atoms with E-state index < -0.39 is 0 Å². The summed E-state index contributed by atoms with van der Waals surface area (Å²) < 4.78 is 5.19. The second-order valence-electron chi connectivity index (χ2n) is 5.86. The van der Waals surface area contributed by atoms with Crippen molar-refractivity contribution < 1.29 is 9.32 Å². The van der Waals surface area contributed by atoms with Crippen molar-refractivity contribution in [1.29, 1.82) is 0 Å². The first kappa shape index (κ1) is 13.5. The average Bonchev–Trinajstić information content (AvgIpc) is 2.97. The first-order chi connectivity index (χ1) is 9.76. The molecule has 6 nitrogen and oxygen atoms in total. The fourth-order valence-electron chi connectivity index (χ4n) is 2.70. The molecule has 3 rings (SSSR count). The van der Waals surface area contributed by atoms with Crippen LogP contribution in [0.15, 0.2) is 4.52 Å². The molecule has 2 aliphatic rings. The quantitative estimate of drug-likeness (QED) is 0.829. The number of aromatic nitrogens is 2. The molecule has 0 bridgehead atoms. The van der Waals surface area contributed by atoms with Crippen molar-refractivity contribution in [3.8, 4) is 0 Å². The van der Waals surface area contributed by atoms with Crippen LogP contribution in [0.25, 0.3) is 0 Å². The summed E-state index contributed by atoms with van der Waals surface area (Å²) in [6.45, 7) is 3.06. The fraction of sp³-hybridized carbons (Fsp3) is 0.786. The van der Waals surface area contributed by atoms with E-state index in [-0.39, 0.29) is 23.8 Å². The zero-order chi connectivity index (χ0) is 13.9. The molecular formula is C14H22N4O2. The fourth-order valence-corrected chi connectivity index (χ4v) is 2.70. The van der Waals surface area contributed by atoms with Gasteiger partial charge in [-0.15, -0.1) is 0 Å². The van der Waals surface area contributed by atoms with Gasteiger partial charge in [-0.25, -0.2) is 0 Å². The van der Waals surface area contributed by atoms with Crippen LogP contribution >= 0.6 is 0 Å². The molecule has 1 aromatic rings. The van der Waals surface area contributed by atoms with Crippen LogP contribution < -0.4 is 10.6 Å². The summed E-state index contributed by atoms with van der Waals surface area (Å²) in [7, 11) is 0. The predicted molar refractivity (Wildman–Crippen MR) is 73.2 cm³/mol. The summed E-state index contributed by atoms with van der Waals surface area (Å²) >= 11 is 0. The van der Waals surface area contributed by atoms with Crippen LogP contribution in [-0.4, -0.2) is 28.6 Å². The van der Waals surface area contributed by atoms with Crippen molar-refractivity contribution in [3.05, 3.63) is 11.7 Å². The van der Waals surface area contributed by atoms with Gasteiger partial charge in [-0.3, -0.25) is 4.79 Å². The molecule has 1 amide bonds. The van der Waals surface area contributed by atoms with Gasteiger partial charge in [0.1, 0.15) is 0 Å². The largest absolute Gasteiger partial charge is 0.346 e. The lowest BCUT2D eigenvalue weighted by Crippen LogP contribution is -2.35. The second kappa shape index (κ2) is 5.91. The molecule has 1 aliphatic heterocycles. The lowest BCUT2D eigenvalue weighted by atomic mass is 10.1. The van der Waals surface area contributed by atoms with Crippen molar-refractivity contribution in [2.24, 2.45) is 5.92 Å². The highest BCUT2D eigenvalue weighted by molar-refractivity contribution is 5.90. The van der Waals surface area contributed by atoms with Crippen molar-refractivity contribution in [1.82, 2.24) is 20.8 Å². The maximum Gasteiger partial charge on any atom is 0.292 e. The lowest BCUT2D eigenvalue weighted by Gasteiger charge is -2.14. The highest BCUT2D eigenvalue weighted by Crippen LogP contribution is 2.34. The summed E-state index contributed by atoms with van der Waals surface area (Å²) in [6.07, 6.45) is 6.70. The summed E-state index contributed by atoms with van der Waals surface area (Å²) in [4.78, 5) is 16.3. The van der Waals surface area contributed by atoms with E-state index >= 15 is 0 Å². The minimum absolute atomic E-state index is 0.109. The van der Waals surface area contributed by atoms with Crippen molar-refractivity contribution in [2.75, 3.05) is 6.54 Å². The van der Waals surface area contributed by atoms with E-state index in [1.165, 1.54) is 12.8 Å². The number of hydrogen-bond donors (Lipinski definition) is 2. The monoisotopic (exact) mass is 278 g/mol. The summed E-state index contributed by atoms with van der Waals surface area (Å²) in [6, 6.07) is 0.332. The molecule has 2 unspecified atom stereocenters. The summed E-state index contributed by atoms with van der Waals surface area (Å²) in [5.74, 6) is 1.26. The third-order valence-corrected chi connectivity index (χ3v) is 4.15. The third kappa shape index (κ3) is 3.17. The standard InChI is InChI=1S/C14H22N4O2/c1-2-10(8-9-5-6-9)16-13(19)12-17-14(20-18-12)11-4-3-7-15-11/h9-11,15H,2-8H2,1H3,(H,16,19). The predicted octanol–water partition coefficient (Wildman–Crippen LogP) is 1.80. The first-order valence-corrected chi connectivity index (χ1v) is 7.64. The van der Waals surface area contributed by atoms with Gasteiger partial charge in [0.05, 0.1) is 6.04 Å². The number of nitrogens with one attached hydrogen (secondary N) is 2. The van der Waals surface area contributed by atoms with Gasteiger partial charge in [-0.2, -0.15) is 4.98 Å². The van der Waals surface area contributed by atoms with Crippen LogP contribution in [0.2, 0.25) is 0 Å². The Kier molecular flexibility index (Phi) is 4.00. The molecule has 1 saturated heterocycles. The van der Waals surface area contributed by atoms with Gasteiger partial charge in [0.25, 0.3) is 11.7 Å². The normalized spacial score (nSPS) is 23.8. The van der Waals surface area contributed by atoms with Gasteiger partial charge in [-0.05, 0) is 38.1 Å². The van der Waals surface area contributed by atoms with Crippen molar-refractivity contribution in [3.63, 3.8) is 0 Å². The van der Waals surface area contributed by atoms with E-state index in [9.17, 15) is 4.79 Å². The van der Waals surface area contributed by atoms with Crippen LogP contribution in [0, 0.1) is 5.92 Å². The molecule has 2 fully saturated rings. The minimum atomic E-state index is -0.217. The molecule has 20 heavy (non-hydrogen) atoms. The lowest BCUT2D eigenvalue weighted by molar-refractivity contribution is 0.0919. The number of hydrogen-bond acceptors (Lipinski definition) is 5. The van der Waals surface area contributed by atoms with Crippen LogP contribution in [-0.2, 0) is 0 Å². The molecular weight excluding hydrogens is 256 g/mol. The molecule has 2 N–H and O–H groups in total. The molecule has 0 radical (unpaired) electrons. The number of nitrogens with zero attached hydrogens (tertiary/aromatic N) is 2. The van der Waals surface area contributed by atoms with Gasteiger partial charge in [0.2, 0.25) is 5.89 Å².